The Labute approximate surface area is 121 Å². The third-order valence-electron chi connectivity index (χ3n) is 4.67. The van der Waals surface area contributed by atoms with Crippen molar-refractivity contribution in [3.8, 4) is 0 Å². The first-order valence-electron chi connectivity index (χ1n) is 7.36. The maximum absolute atomic E-state index is 13.4. The Bertz CT molecular complexity index is 427. The summed E-state index contributed by atoms with van der Waals surface area (Å²) in [6.45, 7) is 6.65. The minimum atomic E-state index is -0.136. The topological polar surface area (TPSA) is 0 Å². The lowest BCUT2D eigenvalue weighted by atomic mass is 9.74. The number of hydrogen-bond donors (Lipinski definition) is 0. The van der Waals surface area contributed by atoms with Gasteiger partial charge in [0.15, 0.2) is 0 Å². The lowest BCUT2D eigenvalue weighted by molar-refractivity contribution is 0.218. The lowest BCUT2D eigenvalue weighted by Crippen LogP contribution is -2.29. The van der Waals surface area contributed by atoms with E-state index in [1.165, 1.54) is 24.5 Å². The highest BCUT2D eigenvalue weighted by Crippen LogP contribution is 2.38. The van der Waals surface area contributed by atoms with Gasteiger partial charge in [0.25, 0.3) is 0 Å². The quantitative estimate of drug-likeness (QED) is 0.655. The minimum absolute atomic E-state index is 0.136. The van der Waals surface area contributed by atoms with Crippen molar-refractivity contribution in [3.05, 3.63) is 35.1 Å². The standard InChI is InChI=1S/C17H24ClF/c1-11(2)13-5-7-17(18)15(8-13)9-14-10-16(19)6-4-12(14)3/h4,6,10-11,13,15,17H,5,7-9H2,1-3H3. The van der Waals surface area contributed by atoms with Crippen LogP contribution in [0, 0.1) is 30.5 Å². The summed E-state index contributed by atoms with van der Waals surface area (Å²) in [5, 5.41) is 0.248. The molecule has 0 saturated heterocycles. The molecule has 1 fully saturated rings. The second kappa shape index (κ2) is 6.26. The first kappa shape index (κ1) is 14.8. The van der Waals surface area contributed by atoms with Crippen LogP contribution in [0.2, 0.25) is 0 Å². The van der Waals surface area contributed by atoms with Crippen LogP contribution in [0.25, 0.3) is 0 Å². The molecule has 2 heteroatoms. The summed E-state index contributed by atoms with van der Waals surface area (Å²) < 4.78 is 13.4. The zero-order chi connectivity index (χ0) is 14.0. The molecule has 1 aromatic rings. The predicted octanol–water partition coefficient (Wildman–Crippen LogP) is 5.36. The molecule has 1 aliphatic rings. The zero-order valence-corrected chi connectivity index (χ0v) is 12.9. The van der Waals surface area contributed by atoms with Crippen LogP contribution in [-0.4, -0.2) is 5.38 Å². The molecule has 3 atom stereocenters. The molecular weight excluding hydrogens is 259 g/mol. The van der Waals surface area contributed by atoms with Crippen molar-refractivity contribution in [1.29, 1.82) is 0 Å². The van der Waals surface area contributed by atoms with Gasteiger partial charge < -0.3 is 0 Å². The van der Waals surface area contributed by atoms with Crippen LogP contribution in [0.5, 0.6) is 0 Å². The van der Waals surface area contributed by atoms with Gasteiger partial charge in [-0.25, -0.2) is 4.39 Å². The molecular formula is C17H24ClF. The van der Waals surface area contributed by atoms with E-state index in [4.69, 9.17) is 11.6 Å². The summed E-state index contributed by atoms with van der Waals surface area (Å²) in [7, 11) is 0. The van der Waals surface area contributed by atoms with Gasteiger partial charge in [-0.1, -0.05) is 19.9 Å². The van der Waals surface area contributed by atoms with Crippen LogP contribution in [0.4, 0.5) is 4.39 Å². The van der Waals surface area contributed by atoms with Crippen molar-refractivity contribution in [3.63, 3.8) is 0 Å². The number of alkyl halides is 1. The number of halogens is 2. The molecule has 106 valence electrons. The van der Waals surface area contributed by atoms with Gasteiger partial charge in [0.1, 0.15) is 5.82 Å². The van der Waals surface area contributed by atoms with Gasteiger partial charge >= 0.3 is 0 Å². The van der Waals surface area contributed by atoms with E-state index in [-0.39, 0.29) is 11.2 Å². The van der Waals surface area contributed by atoms with Crippen LogP contribution in [0.3, 0.4) is 0 Å². The molecule has 2 rings (SSSR count). The van der Waals surface area contributed by atoms with Gasteiger partial charge in [0.05, 0.1) is 0 Å². The van der Waals surface area contributed by atoms with Crippen molar-refractivity contribution in [2.24, 2.45) is 17.8 Å². The van der Waals surface area contributed by atoms with Crippen LogP contribution in [0.1, 0.15) is 44.2 Å². The van der Waals surface area contributed by atoms with Gasteiger partial charge in [0, 0.05) is 5.38 Å². The van der Waals surface area contributed by atoms with Crippen LogP contribution in [-0.2, 0) is 6.42 Å². The van der Waals surface area contributed by atoms with Crippen molar-refractivity contribution >= 4 is 11.6 Å². The van der Waals surface area contributed by atoms with E-state index in [2.05, 4.69) is 20.8 Å². The molecule has 19 heavy (non-hydrogen) atoms. The van der Waals surface area contributed by atoms with Crippen LogP contribution in [0.15, 0.2) is 18.2 Å². The second-order valence-electron chi connectivity index (χ2n) is 6.37. The Hall–Kier alpha value is -0.560. The molecule has 0 nitrogen and oxygen atoms in total. The highest BCUT2D eigenvalue weighted by Gasteiger charge is 2.30. The normalized spacial score (nSPS) is 27.8. The maximum atomic E-state index is 13.4. The first-order valence-corrected chi connectivity index (χ1v) is 7.80. The van der Waals surface area contributed by atoms with Crippen molar-refractivity contribution < 1.29 is 4.39 Å². The average molecular weight is 283 g/mol. The average Bonchev–Trinajstić information content (AvgIpc) is 2.36. The molecule has 0 spiro atoms. The zero-order valence-electron chi connectivity index (χ0n) is 12.1. The van der Waals surface area contributed by atoms with Crippen LogP contribution < -0.4 is 0 Å². The third-order valence-corrected chi connectivity index (χ3v) is 5.24. The summed E-state index contributed by atoms with van der Waals surface area (Å²) in [5.74, 6) is 1.85. The molecule has 3 unspecified atom stereocenters. The van der Waals surface area contributed by atoms with E-state index in [1.54, 1.807) is 6.07 Å². The monoisotopic (exact) mass is 282 g/mol. The molecule has 0 N–H and O–H groups in total. The van der Waals surface area contributed by atoms with E-state index in [9.17, 15) is 4.39 Å². The van der Waals surface area contributed by atoms with E-state index < -0.39 is 0 Å². The molecule has 0 heterocycles. The molecule has 1 saturated carbocycles. The Morgan fingerprint density at radius 3 is 2.74 bits per heavy atom. The molecule has 1 aromatic carbocycles. The second-order valence-corrected chi connectivity index (χ2v) is 6.93. The summed E-state index contributed by atoms with van der Waals surface area (Å²) >= 11 is 6.50. The summed E-state index contributed by atoms with van der Waals surface area (Å²) in [6.07, 6.45) is 4.44. The van der Waals surface area contributed by atoms with E-state index in [0.717, 1.165) is 30.2 Å². The molecule has 1 aliphatic carbocycles. The van der Waals surface area contributed by atoms with Gasteiger partial charge in [-0.05, 0) is 73.6 Å². The fourth-order valence-electron chi connectivity index (χ4n) is 3.22. The largest absolute Gasteiger partial charge is 0.207 e. The molecule has 0 amide bonds. The Kier molecular flexibility index (Phi) is 4.89. The minimum Gasteiger partial charge on any atom is -0.207 e. The first-order chi connectivity index (χ1) is 8.97. The molecule has 0 radical (unpaired) electrons. The fourth-order valence-corrected chi connectivity index (χ4v) is 3.54. The number of hydrogen-bond acceptors (Lipinski definition) is 0. The molecule has 0 bridgehead atoms. The van der Waals surface area contributed by atoms with Crippen LogP contribution >= 0.6 is 11.6 Å². The Morgan fingerprint density at radius 2 is 2.05 bits per heavy atom. The summed E-state index contributed by atoms with van der Waals surface area (Å²) in [5.41, 5.74) is 2.30. The number of rotatable bonds is 3. The lowest BCUT2D eigenvalue weighted by Gasteiger charge is -2.35. The SMILES string of the molecule is Cc1ccc(F)cc1CC1CC(C(C)C)CCC1Cl. The highest BCUT2D eigenvalue weighted by atomic mass is 35.5. The van der Waals surface area contributed by atoms with Crippen molar-refractivity contribution in [2.45, 2.75) is 51.8 Å². The molecule has 0 aromatic heterocycles. The van der Waals surface area contributed by atoms with Gasteiger partial charge in [0.2, 0.25) is 0 Å². The van der Waals surface area contributed by atoms with Crippen molar-refractivity contribution in [1.82, 2.24) is 0 Å². The highest BCUT2D eigenvalue weighted by molar-refractivity contribution is 6.20. The van der Waals surface area contributed by atoms with E-state index >= 15 is 0 Å². The predicted molar refractivity (Wildman–Crippen MR) is 80.2 cm³/mol. The number of aryl methyl sites for hydroxylation is 1. The van der Waals surface area contributed by atoms with E-state index in [0.29, 0.717) is 5.92 Å². The third kappa shape index (κ3) is 3.72. The van der Waals surface area contributed by atoms with Gasteiger partial charge in [-0.15, -0.1) is 11.6 Å². The number of benzene rings is 1. The Balaban J connectivity index is 2.09. The Morgan fingerprint density at radius 1 is 1.32 bits per heavy atom. The smallest absolute Gasteiger partial charge is 0.123 e. The molecule has 0 aliphatic heterocycles. The fraction of sp³-hybridized carbons (Fsp3) is 0.647. The maximum Gasteiger partial charge on any atom is 0.123 e. The summed E-state index contributed by atoms with van der Waals surface area (Å²) in [6, 6.07) is 5.09. The van der Waals surface area contributed by atoms with Gasteiger partial charge in [-0.2, -0.15) is 0 Å². The summed E-state index contributed by atoms with van der Waals surface area (Å²) in [4.78, 5) is 0. The van der Waals surface area contributed by atoms with E-state index in [1.807, 2.05) is 6.07 Å². The van der Waals surface area contributed by atoms with Crippen molar-refractivity contribution in [2.75, 3.05) is 0 Å². The van der Waals surface area contributed by atoms with Gasteiger partial charge in [-0.3, -0.25) is 0 Å².